The van der Waals surface area contributed by atoms with Crippen LogP contribution >= 0.6 is 0 Å². The Morgan fingerprint density at radius 1 is 1.30 bits per heavy atom. The topological polar surface area (TPSA) is 64.3 Å². The number of alkyl carbamates (subject to hydrolysis) is 1. The summed E-state index contributed by atoms with van der Waals surface area (Å²) in [6, 6.07) is 3.20. The number of nitrogens with two attached hydrogens (primary N) is 1. The smallest absolute Gasteiger partial charge is 0.416 e. The molecule has 0 spiro atoms. The Labute approximate surface area is 133 Å². The molecule has 0 aliphatic carbocycles. The monoisotopic (exact) mass is 330 g/mol. The fraction of sp³-hybridized carbons (Fsp3) is 0.438. The fourth-order valence-corrected chi connectivity index (χ4v) is 1.68. The first kappa shape index (κ1) is 18.9. The number of halogens is 3. The van der Waals surface area contributed by atoms with Crippen molar-refractivity contribution in [3.8, 4) is 0 Å². The van der Waals surface area contributed by atoms with Gasteiger partial charge < -0.3 is 15.8 Å². The summed E-state index contributed by atoms with van der Waals surface area (Å²) >= 11 is 0. The fourth-order valence-electron chi connectivity index (χ4n) is 1.68. The van der Waals surface area contributed by atoms with Crippen LogP contribution in [0.2, 0.25) is 0 Å². The highest BCUT2D eigenvalue weighted by molar-refractivity contribution is 5.68. The molecule has 0 heterocycles. The van der Waals surface area contributed by atoms with Crippen LogP contribution in [-0.2, 0) is 10.9 Å². The Bertz CT molecular complexity index is 576. The standard InChI is InChI=1S/C16H21F3N2O2/c1-15(2,3)23-14(22)21-9-5-4-6-11-7-8-12(10-13(11)20)16(17,18)19/h4,6-8,10H,5,9,20H2,1-3H3,(H,21,22). The molecule has 0 aliphatic heterocycles. The predicted octanol–water partition coefficient (Wildman–Crippen LogP) is 4.22. The molecule has 0 bridgehead atoms. The second-order valence-electron chi connectivity index (χ2n) is 5.96. The van der Waals surface area contributed by atoms with Crippen molar-refractivity contribution in [1.29, 1.82) is 0 Å². The van der Waals surface area contributed by atoms with Gasteiger partial charge in [0.1, 0.15) is 5.60 Å². The molecule has 0 aromatic heterocycles. The van der Waals surface area contributed by atoms with Gasteiger partial charge in [-0.25, -0.2) is 4.79 Å². The normalized spacial score (nSPS) is 12.4. The van der Waals surface area contributed by atoms with E-state index in [1.54, 1.807) is 32.9 Å². The minimum Gasteiger partial charge on any atom is -0.444 e. The lowest BCUT2D eigenvalue weighted by molar-refractivity contribution is -0.137. The average Bonchev–Trinajstić information content (AvgIpc) is 2.36. The molecule has 0 radical (unpaired) electrons. The van der Waals surface area contributed by atoms with Crippen molar-refractivity contribution in [1.82, 2.24) is 5.32 Å². The molecular weight excluding hydrogens is 309 g/mol. The van der Waals surface area contributed by atoms with Crippen LogP contribution < -0.4 is 11.1 Å². The molecule has 128 valence electrons. The summed E-state index contributed by atoms with van der Waals surface area (Å²) in [4.78, 5) is 11.4. The highest BCUT2D eigenvalue weighted by atomic mass is 19.4. The molecule has 0 saturated carbocycles. The van der Waals surface area contributed by atoms with E-state index in [1.807, 2.05) is 0 Å². The van der Waals surface area contributed by atoms with E-state index in [2.05, 4.69) is 5.32 Å². The number of benzene rings is 1. The quantitative estimate of drug-likeness (QED) is 0.642. The third-order valence-electron chi connectivity index (χ3n) is 2.69. The second kappa shape index (κ2) is 7.39. The summed E-state index contributed by atoms with van der Waals surface area (Å²) in [6.07, 6.45) is -1.09. The summed E-state index contributed by atoms with van der Waals surface area (Å²) in [6.45, 7) is 5.64. The van der Waals surface area contributed by atoms with Gasteiger partial charge in [0.25, 0.3) is 0 Å². The number of carbonyl (C=O) groups excluding carboxylic acids is 1. The van der Waals surface area contributed by atoms with E-state index in [9.17, 15) is 18.0 Å². The van der Waals surface area contributed by atoms with Crippen molar-refractivity contribution in [2.75, 3.05) is 12.3 Å². The maximum atomic E-state index is 12.5. The SMILES string of the molecule is CC(C)(C)OC(=O)NCCC=Cc1ccc(C(F)(F)F)cc1N. The number of hydrogen-bond acceptors (Lipinski definition) is 3. The number of alkyl halides is 3. The Morgan fingerprint density at radius 3 is 2.48 bits per heavy atom. The van der Waals surface area contributed by atoms with Gasteiger partial charge in [0.15, 0.2) is 0 Å². The van der Waals surface area contributed by atoms with Crippen LogP contribution in [0.4, 0.5) is 23.7 Å². The Kier molecular flexibility index (Phi) is 6.06. The highest BCUT2D eigenvalue weighted by Crippen LogP contribution is 2.31. The van der Waals surface area contributed by atoms with Crippen LogP contribution in [0.1, 0.15) is 38.3 Å². The highest BCUT2D eigenvalue weighted by Gasteiger charge is 2.30. The molecule has 0 saturated heterocycles. The van der Waals surface area contributed by atoms with E-state index in [0.717, 1.165) is 12.1 Å². The van der Waals surface area contributed by atoms with Gasteiger partial charge in [0, 0.05) is 12.2 Å². The zero-order valence-corrected chi connectivity index (χ0v) is 13.3. The van der Waals surface area contributed by atoms with Crippen LogP contribution in [0, 0.1) is 0 Å². The minimum absolute atomic E-state index is 0.0520. The van der Waals surface area contributed by atoms with Crippen LogP contribution in [0.15, 0.2) is 24.3 Å². The van der Waals surface area contributed by atoms with E-state index in [1.165, 1.54) is 6.07 Å². The van der Waals surface area contributed by atoms with Crippen LogP contribution in [0.25, 0.3) is 6.08 Å². The van der Waals surface area contributed by atoms with Gasteiger partial charge in [-0.15, -0.1) is 0 Å². The summed E-state index contributed by atoms with van der Waals surface area (Å²) < 4.78 is 42.6. The summed E-state index contributed by atoms with van der Waals surface area (Å²) in [7, 11) is 0. The number of ether oxygens (including phenoxy) is 1. The van der Waals surface area contributed by atoms with Crippen molar-refractivity contribution >= 4 is 17.9 Å². The van der Waals surface area contributed by atoms with Gasteiger partial charge in [0.05, 0.1) is 5.56 Å². The number of nitrogens with one attached hydrogen (secondary N) is 1. The molecular formula is C16H21F3N2O2. The van der Waals surface area contributed by atoms with Crippen molar-refractivity contribution < 1.29 is 22.7 Å². The van der Waals surface area contributed by atoms with Crippen LogP contribution in [0.3, 0.4) is 0 Å². The molecule has 1 aromatic carbocycles. The van der Waals surface area contributed by atoms with Gasteiger partial charge in [-0.2, -0.15) is 13.2 Å². The van der Waals surface area contributed by atoms with Gasteiger partial charge >= 0.3 is 12.3 Å². The number of anilines is 1. The molecule has 0 unspecified atom stereocenters. The minimum atomic E-state index is -4.41. The summed E-state index contributed by atoms with van der Waals surface area (Å²) in [5, 5.41) is 2.58. The molecule has 1 aromatic rings. The third-order valence-corrected chi connectivity index (χ3v) is 2.69. The van der Waals surface area contributed by atoms with E-state index >= 15 is 0 Å². The lowest BCUT2D eigenvalue weighted by Gasteiger charge is -2.19. The van der Waals surface area contributed by atoms with Crippen molar-refractivity contribution in [3.63, 3.8) is 0 Å². The maximum Gasteiger partial charge on any atom is 0.416 e. The molecule has 1 amide bonds. The second-order valence-corrected chi connectivity index (χ2v) is 5.96. The number of amides is 1. The largest absolute Gasteiger partial charge is 0.444 e. The van der Waals surface area contributed by atoms with E-state index < -0.39 is 23.4 Å². The zero-order chi connectivity index (χ0) is 17.7. The number of nitrogen functional groups attached to an aromatic ring is 1. The van der Waals surface area contributed by atoms with Crippen LogP contribution in [-0.4, -0.2) is 18.2 Å². The molecule has 3 N–H and O–H groups in total. The van der Waals surface area contributed by atoms with Gasteiger partial charge in [-0.1, -0.05) is 18.2 Å². The first-order valence-electron chi connectivity index (χ1n) is 7.09. The molecule has 7 heteroatoms. The lowest BCUT2D eigenvalue weighted by Crippen LogP contribution is -2.32. The Hall–Kier alpha value is -2.18. The van der Waals surface area contributed by atoms with Crippen LogP contribution in [0.5, 0.6) is 0 Å². The molecule has 0 atom stereocenters. The molecule has 23 heavy (non-hydrogen) atoms. The third kappa shape index (κ3) is 7.08. The maximum absolute atomic E-state index is 12.5. The van der Waals surface area contributed by atoms with E-state index in [0.29, 0.717) is 18.5 Å². The molecule has 0 aliphatic rings. The first-order valence-corrected chi connectivity index (χ1v) is 7.09. The number of carbonyl (C=O) groups is 1. The van der Waals surface area contributed by atoms with Gasteiger partial charge in [-0.3, -0.25) is 0 Å². The summed E-state index contributed by atoms with van der Waals surface area (Å²) in [5.41, 5.74) is 4.82. The first-order chi connectivity index (χ1) is 10.5. The van der Waals surface area contributed by atoms with Crippen molar-refractivity contribution in [2.24, 2.45) is 0 Å². The summed E-state index contributed by atoms with van der Waals surface area (Å²) in [5.74, 6) is 0. The molecule has 4 nitrogen and oxygen atoms in total. The molecule has 0 fully saturated rings. The number of hydrogen-bond donors (Lipinski definition) is 2. The van der Waals surface area contributed by atoms with E-state index in [-0.39, 0.29) is 5.69 Å². The Balaban J connectivity index is 2.48. The van der Waals surface area contributed by atoms with Crippen molar-refractivity contribution in [2.45, 2.75) is 39.0 Å². The lowest BCUT2D eigenvalue weighted by atomic mass is 10.1. The van der Waals surface area contributed by atoms with Crippen molar-refractivity contribution in [3.05, 3.63) is 35.4 Å². The number of rotatable bonds is 4. The average molecular weight is 330 g/mol. The zero-order valence-electron chi connectivity index (χ0n) is 13.3. The van der Waals surface area contributed by atoms with Gasteiger partial charge in [0.2, 0.25) is 0 Å². The molecule has 1 rings (SSSR count). The van der Waals surface area contributed by atoms with E-state index in [4.69, 9.17) is 10.5 Å². The van der Waals surface area contributed by atoms with Gasteiger partial charge in [-0.05, 0) is 44.9 Å². The Morgan fingerprint density at radius 2 is 1.96 bits per heavy atom. The predicted molar refractivity (Wildman–Crippen MR) is 83.7 cm³/mol.